The highest BCUT2D eigenvalue weighted by Gasteiger charge is 2.17. The van der Waals surface area contributed by atoms with E-state index in [1.54, 1.807) is 18.2 Å². The number of sulfonamides is 1. The molecule has 0 saturated heterocycles. The predicted molar refractivity (Wildman–Crippen MR) is 95.9 cm³/mol. The predicted octanol–water partition coefficient (Wildman–Crippen LogP) is 4.21. The number of pyridine rings is 1. The van der Waals surface area contributed by atoms with Crippen molar-refractivity contribution in [1.29, 1.82) is 0 Å². The number of rotatable bonds is 5. The summed E-state index contributed by atoms with van der Waals surface area (Å²) in [5, 5.41) is 2.96. The Balaban J connectivity index is 1.76. The Labute approximate surface area is 149 Å². The van der Waals surface area contributed by atoms with E-state index in [-0.39, 0.29) is 16.5 Å². The molecular weight excluding hydrogens is 360 g/mol. The van der Waals surface area contributed by atoms with Gasteiger partial charge in [0, 0.05) is 5.69 Å². The second-order valence-electron chi connectivity index (χ2n) is 5.58. The third kappa shape index (κ3) is 4.15. The van der Waals surface area contributed by atoms with E-state index in [9.17, 15) is 17.2 Å². The highest BCUT2D eigenvalue weighted by molar-refractivity contribution is 7.92. The molecule has 0 unspecified atom stereocenters. The van der Waals surface area contributed by atoms with Crippen molar-refractivity contribution in [2.45, 2.75) is 11.8 Å². The van der Waals surface area contributed by atoms with Gasteiger partial charge in [0.1, 0.15) is 17.5 Å². The maximum absolute atomic E-state index is 13.2. The van der Waals surface area contributed by atoms with Gasteiger partial charge in [0.15, 0.2) is 0 Å². The lowest BCUT2D eigenvalue weighted by Crippen LogP contribution is -2.15. The quantitative estimate of drug-likeness (QED) is 0.701. The lowest BCUT2D eigenvalue weighted by Gasteiger charge is -2.11. The van der Waals surface area contributed by atoms with E-state index >= 15 is 0 Å². The highest BCUT2D eigenvalue weighted by atomic mass is 32.2. The monoisotopic (exact) mass is 375 g/mol. The second kappa shape index (κ2) is 7.09. The molecule has 0 atom stereocenters. The fraction of sp³-hybridized carbons (Fsp3) is 0.0556. The first kappa shape index (κ1) is 17.8. The second-order valence-corrected chi connectivity index (χ2v) is 7.23. The summed E-state index contributed by atoms with van der Waals surface area (Å²) in [7, 11) is -3.89. The third-order valence-electron chi connectivity index (χ3n) is 3.54. The van der Waals surface area contributed by atoms with E-state index in [0.717, 1.165) is 12.1 Å². The summed E-state index contributed by atoms with van der Waals surface area (Å²) in [4.78, 5) is 4.01. The minimum atomic E-state index is -3.89. The van der Waals surface area contributed by atoms with Crippen molar-refractivity contribution in [2.75, 3.05) is 10.0 Å². The van der Waals surface area contributed by atoms with Crippen molar-refractivity contribution in [3.05, 3.63) is 78.0 Å². The normalized spacial score (nSPS) is 11.2. The molecule has 1 aromatic heterocycles. The zero-order valence-electron chi connectivity index (χ0n) is 13.7. The molecule has 2 N–H and O–H groups in total. The van der Waals surface area contributed by atoms with Crippen LogP contribution in [0.2, 0.25) is 0 Å². The summed E-state index contributed by atoms with van der Waals surface area (Å²) < 4.78 is 53.5. The number of nitrogens with one attached hydrogen (secondary N) is 2. The Morgan fingerprint density at radius 3 is 2.35 bits per heavy atom. The van der Waals surface area contributed by atoms with Gasteiger partial charge in [-0.15, -0.1) is 0 Å². The van der Waals surface area contributed by atoms with Crippen molar-refractivity contribution in [2.24, 2.45) is 0 Å². The largest absolute Gasteiger partial charge is 0.354 e. The molecule has 0 aliphatic carbocycles. The molecule has 0 radical (unpaired) electrons. The van der Waals surface area contributed by atoms with Crippen molar-refractivity contribution in [3.8, 4) is 0 Å². The number of benzene rings is 2. The van der Waals surface area contributed by atoms with Gasteiger partial charge in [-0.1, -0.05) is 6.07 Å². The van der Waals surface area contributed by atoms with Crippen LogP contribution >= 0.6 is 0 Å². The molecule has 0 bridgehead atoms. The van der Waals surface area contributed by atoms with Crippen LogP contribution in [0.25, 0.3) is 0 Å². The molecule has 3 rings (SSSR count). The van der Waals surface area contributed by atoms with Crippen LogP contribution in [0.5, 0.6) is 0 Å². The molecule has 0 fully saturated rings. The van der Waals surface area contributed by atoms with E-state index in [1.807, 2.05) is 0 Å². The van der Waals surface area contributed by atoms with Gasteiger partial charge in [0.05, 0.1) is 16.8 Å². The molecule has 1 heterocycles. The average Bonchev–Trinajstić information content (AvgIpc) is 2.56. The van der Waals surface area contributed by atoms with E-state index < -0.39 is 15.8 Å². The maximum Gasteiger partial charge on any atom is 0.263 e. The average molecular weight is 375 g/mol. The molecule has 5 nitrogen and oxygen atoms in total. The Hall–Kier alpha value is -3.00. The van der Waals surface area contributed by atoms with E-state index in [1.165, 1.54) is 37.4 Å². The molecular formula is C18H15F2N3O2S. The molecule has 2 aromatic carbocycles. The molecule has 0 saturated carbocycles. The van der Waals surface area contributed by atoms with Gasteiger partial charge in [0.25, 0.3) is 10.0 Å². The summed E-state index contributed by atoms with van der Waals surface area (Å²) >= 11 is 0. The van der Waals surface area contributed by atoms with Gasteiger partial charge in [0.2, 0.25) is 0 Å². The van der Waals surface area contributed by atoms with Gasteiger partial charge in [-0.2, -0.15) is 0 Å². The van der Waals surface area contributed by atoms with Gasteiger partial charge in [-0.25, -0.2) is 22.2 Å². The Morgan fingerprint density at radius 2 is 1.69 bits per heavy atom. The first-order chi connectivity index (χ1) is 12.3. The van der Waals surface area contributed by atoms with E-state index in [4.69, 9.17) is 0 Å². The van der Waals surface area contributed by atoms with Crippen LogP contribution in [0.1, 0.15) is 5.56 Å². The summed E-state index contributed by atoms with van der Waals surface area (Å²) in [5.74, 6) is -0.770. The van der Waals surface area contributed by atoms with Crippen molar-refractivity contribution in [1.82, 2.24) is 4.98 Å². The maximum atomic E-state index is 13.2. The number of aryl methyl sites for hydroxylation is 1. The molecule has 0 spiro atoms. The Kier molecular flexibility index (Phi) is 4.85. The SMILES string of the molecule is Cc1cc(F)ccc1S(=O)(=O)Nc1ccc(Nc2cccc(F)c2)cn1. The molecule has 0 amide bonds. The summed E-state index contributed by atoms with van der Waals surface area (Å²) in [6.45, 7) is 1.51. The highest BCUT2D eigenvalue weighted by Crippen LogP contribution is 2.21. The van der Waals surface area contributed by atoms with Crippen molar-refractivity contribution >= 4 is 27.2 Å². The van der Waals surface area contributed by atoms with Gasteiger partial charge >= 0.3 is 0 Å². The Bertz CT molecular complexity index is 1040. The smallest absolute Gasteiger partial charge is 0.263 e. The Morgan fingerprint density at radius 1 is 0.923 bits per heavy atom. The standard InChI is InChI=1S/C18H15F2N3O2S/c1-12-9-14(20)5-7-17(12)26(24,25)23-18-8-6-16(11-21-18)22-15-4-2-3-13(19)10-15/h2-11,22H,1H3,(H,21,23). The summed E-state index contributed by atoms with van der Waals surface area (Å²) in [5.41, 5.74) is 1.40. The van der Waals surface area contributed by atoms with Crippen LogP contribution in [0.3, 0.4) is 0 Å². The summed E-state index contributed by atoms with van der Waals surface area (Å²) in [6, 6.07) is 12.4. The molecule has 26 heavy (non-hydrogen) atoms. The number of hydrogen-bond acceptors (Lipinski definition) is 4. The fourth-order valence-electron chi connectivity index (χ4n) is 2.37. The van der Waals surface area contributed by atoms with Crippen LogP contribution in [0.4, 0.5) is 26.0 Å². The number of halogens is 2. The van der Waals surface area contributed by atoms with Gasteiger partial charge in [-0.3, -0.25) is 4.72 Å². The van der Waals surface area contributed by atoms with Crippen LogP contribution in [-0.4, -0.2) is 13.4 Å². The van der Waals surface area contributed by atoms with Crippen molar-refractivity contribution < 1.29 is 17.2 Å². The first-order valence-corrected chi connectivity index (χ1v) is 9.09. The minimum absolute atomic E-state index is 0.0253. The zero-order valence-corrected chi connectivity index (χ0v) is 14.5. The van der Waals surface area contributed by atoms with Crippen LogP contribution in [0, 0.1) is 18.6 Å². The lowest BCUT2D eigenvalue weighted by molar-refractivity contribution is 0.598. The number of nitrogens with zero attached hydrogens (tertiary/aromatic N) is 1. The van der Waals surface area contributed by atoms with E-state index in [2.05, 4.69) is 15.0 Å². The first-order valence-electron chi connectivity index (χ1n) is 7.61. The number of hydrogen-bond donors (Lipinski definition) is 2. The zero-order chi connectivity index (χ0) is 18.7. The van der Waals surface area contributed by atoms with Crippen LogP contribution in [0.15, 0.2) is 65.7 Å². The molecule has 8 heteroatoms. The molecule has 134 valence electrons. The lowest BCUT2D eigenvalue weighted by atomic mass is 10.2. The minimum Gasteiger partial charge on any atom is -0.354 e. The number of anilines is 3. The van der Waals surface area contributed by atoms with Crippen LogP contribution in [-0.2, 0) is 10.0 Å². The molecule has 3 aromatic rings. The van der Waals surface area contributed by atoms with Crippen molar-refractivity contribution in [3.63, 3.8) is 0 Å². The summed E-state index contributed by atoms with van der Waals surface area (Å²) in [6.07, 6.45) is 1.42. The van der Waals surface area contributed by atoms with Gasteiger partial charge in [-0.05, 0) is 61.0 Å². The fourth-order valence-corrected chi connectivity index (χ4v) is 3.60. The molecule has 0 aliphatic heterocycles. The van der Waals surface area contributed by atoms with E-state index in [0.29, 0.717) is 16.9 Å². The van der Waals surface area contributed by atoms with Crippen LogP contribution < -0.4 is 10.0 Å². The van der Waals surface area contributed by atoms with Gasteiger partial charge < -0.3 is 5.32 Å². The topological polar surface area (TPSA) is 71.1 Å². The number of aromatic nitrogens is 1. The molecule has 0 aliphatic rings. The third-order valence-corrected chi connectivity index (χ3v) is 5.06.